The SMILES string of the molecule is COC(=O)/C=C/Sc1cccc(O)c1. The molecule has 3 nitrogen and oxygen atoms in total. The molecule has 0 amide bonds. The van der Waals surface area contributed by atoms with Crippen LogP contribution in [-0.2, 0) is 9.53 Å². The lowest BCUT2D eigenvalue weighted by Crippen LogP contribution is -1.92. The van der Waals surface area contributed by atoms with Gasteiger partial charge in [-0.05, 0) is 23.6 Å². The van der Waals surface area contributed by atoms with E-state index in [1.807, 2.05) is 6.07 Å². The molecule has 4 heteroatoms. The number of benzene rings is 1. The molecule has 0 heterocycles. The number of aromatic hydroxyl groups is 1. The van der Waals surface area contributed by atoms with E-state index in [0.29, 0.717) is 0 Å². The number of phenolic OH excluding ortho intramolecular Hbond substituents is 1. The van der Waals surface area contributed by atoms with Crippen LogP contribution < -0.4 is 0 Å². The van der Waals surface area contributed by atoms with E-state index in [1.54, 1.807) is 23.6 Å². The normalized spacial score (nSPS) is 10.4. The molecule has 1 aromatic rings. The molecule has 0 saturated carbocycles. The quantitative estimate of drug-likeness (QED) is 0.472. The van der Waals surface area contributed by atoms with Gasteiger partial charge in [0.15, 0.2) is 0 Å². The zero-order valence-corrected chi connectivity index (χ0v) is 8.45. The van der Waals surface area contributed by atoms with Crippen molar-refractivity contribution in [2.75, 3.05) is 7.11 Å². The van der Waals surface area contributed by atoms with E-state index in [4.69, 9.17) is 5.11 Å². The van der Waals surface area contributed by atoms with Gasteiger partial charge in [-0.25, -0.2) is 4.79 Å². The third-order valence-corrected chi connectivity index (χ3v) is 2.23. The minimum atomic E-state index is -0.391. The summed E-state index contributed by atoms with van der Waals surface area (Å²) in [6.07, 6.45) is 1.33. The molecule has 0 fully saturated rings. The number of carbonyl (C=O) groups excluding carboxylic acids is 1. The van der Waals surface area contributed by atoms with E-state index in [9.17, 15) is 4.79 Å². The monoisotopic (exact) mass is 210 g/mol. The molecule has 0 spiro atoms. The van der Waals surface area contributed by atoms with Gasteiger partial charge < -0.3 is 9.84 Å². The van der Waals surface area contributed by atoms with Gasteiger partial charge >= 0.3 is 5.97 Å². The van der Waals surface area contributed by atoms with Crippen LogP contribution in [-0.4, -0.2) is 18.2 Å². The Kier molecular flexibility index (Phi) is 4.07. The molecule has 0 aliphatic heterocycles. The molecule has 1 rings (SSSR count). The van der Waals surface area contributed by atoms with Crippen molar-refractivity contribution in [1.29, 1.82) is 0 Å². The van der Waals surface area contributed by atoms with Crippen LogP contribution in [0.5, 0.6) is 5.75 Å². The van der Waals surface area contributed by atoms with E-state index in [1.165, 1.54) is 24.9 Å². The molecule has 0 bridgehead atoms. The second-order valence-electron chi connectivity index (χ2n) is 2.44. The van der Waals surface area contributed by atoms with Gasteiger partial charge in [-0.3, -0.25) is 0 Å². The molecular weight excluding hydrogens is 200 g/mol. The van der Waals surface area contributed by atoms with Crippen LogP contribution in [0.1, 0.15) is 0 Å². The Balaban J connectivity index is 2.53. The highest BCUT2D eigenvalue weighted by molar-refractivity contribution is 8.02. The van der Waals surface area contributed by atoms with E-state index in [0.717, 1.165) is 4.90 Å². The summed E-state index contributed by atoms with van der Waals surface area (Å²) in [5.41, 5.74) is 0. The van der Waals surface area contributed by atoms with Crippen molar-refractivity contribution in [3.05, 3.63) is 35.7 Å². The number of methoxy groups -OCH3 is 1. The number of hydrogen-bond donors (Lipinski definition) is 1. The fourth-order valence-corrected chi connectivity index (χ4v) is 1.48. The van der Waals surface area contributed by atoms with Crippen molar-refractivity contribution in [3.8, 4) is 5.75 Å². The first-order chi connectivity index (χ1) is 6.72. The summed E-state index contributed by atoms with van der Waals surface area (Å²) in [6, 6.07) is 6.79. The van der Waals surface area contributed by atoms with Crippen LogP contribution >= 0.6 is 11.8 Å². The molecule has 74 valence electrons. The van der Waals surface area contributed by atoms with Crippen LogP contribution in [0.15, 0.2) is 40.6 Å². The van der Waals surface area contributed by atoms with Crippen molar-refractivity contribution in [1.82, 2.24) is 0 Å². The van der Waals surface area contributed by atoms with Gasteiger partial charge in [-0.15, -0.1) is 0 Å². The molecule has 1 aromatic carbocycles. The standard InChI is InChI=1S/C10H10O3S/c1-13-10(12)5-6-14-9-4-2-3-8(11)7-9/h2-7,11H,1H3/b6-5+. The lowest BCUT2D eigenvalue weighted by Gasteiger charge is -1.96. The summed E-state index contributed by atoms with van der Waals surface area (Å²) >= 11 is 1.34. The maximum atomic E-state index is 10.7. The fourth-order valence-electron chi connectivity index (χ4n) is 0.793. The largest absolute Gasteiger partial charge is 0.508 e. The maximum absolute atomic E-state index is 10.7. The third-order valence-electron chi connectivity index (χ3n) is 1.43. The summed E-state index contributed by atoms with van der Waals surface area (Å²) in [5.74, 6) is -0.181. The third kappa shape index (κ3) is 3.53. The number of rotatable bonds is 3. The van der Waals surface area contributed by atoms with Crippen LogP contribution in [0.25, 0.3) is 0 Å². The predicted molar refractivity (Wildman–Crippen MR) is 55.1 cm³/mol. The molecule has 0 radical (unpaired) electrons. The zero-order valence-electron chi connectivity index (χ0n) is 7.64. The Morgan fingerprint density at radius 3 is 3.00 bits per heavy atom. The topological polar surface area (TPSA) is 46.5 Å². The van der Waals surface area contributed by atoms with Gasteiger partial charge in [-0.1, -0.05) is 17.8 Å². The second kappa shape index (κ2) is 5.34. The van der Waals surface area contributed by atoms with Gasteiger partial charge in [0.1, 0.15) is 5.75 Å². The fraction of sp³-hybridized carbons (Fsp3) is 0.100. The number of ether oxygens (including phenoxy) is 1. The highest BCUT2D eigenvalue weighted by atomic mass is 32.2. The highest BCUT2D eigenvalue weighted by Crippen LogP contribution is 2.22. The number of hydrogen-bond acceptors (Lipinski definition) is 4. The first kappa shape index (κ1) is 10.7. The summed E-state index contributed by atoms with van der Waals surface area (Å²) in [7, 11) is 1.33. The average molecular weight is 210 g/mol. The van der Waals surface area contributed by atoms with E-state index in [2.05, 4.69) is 4.74 Å². The molecule has 0 aliphatic carbocycles. The number of phenols is 1. The Labute approximate surface area is 86.4 Å². The van der Waals surface area contributed by atoms with E-state index < -0.39 is 5.97 Å². The second-order valence-corrected chi connectivity index (χ2v) is 3.42. The number of thioether (sulfide) groups is 1. The lowest BCUT2D eigenvalue weighted by atomic mass is 10.3. The molecule has 0 atom stereocenters. The van der Waals surface area contributed by atoms with Gasteiger partial charge in [0, 0.05) is 11.0 Å². The molecule has 0 aromatic heterocycles. The first-order valence-corrected chi connectivity index (χ1v) is 4.80. The molecule has 0 unspecified atom stereocenters. The van der Waals surface area contributed by atoms with Crippen molar-refractivity contribution < 1.29 is 14.6 Å². The van der Waals surface area contributed by atoms with Gasteiger partial charge in [0.2, 0.25) is 0 Å². The molecule has 14 heavy (non-hydrogen) atoms. The minimum absolute atomic E-state index is 0.210. The Morgan fingerprint density at radius 2 is 2.36 bits per heavy atom. The summed E-state index contributed by atoms with van der Waals surface area (Å²) in [6.45, 7) is 0. The lowest BCUT2D eigenvalue weighted by molar-refractivity contribution is -0.134. The van der Waals surface area contributed by atoms with Gasteiger partial charge in [0.25, 0.3) is 0 Å². The Morgan fingerprint density at radius 1 is 1.57 bits per heavy atom. The zero-order chi connectivity index (χ0) is 10.4. The molecule has 0 saturated heterocycles. The van der Waals surface area contributed by atoms with Crippen molar-refractivity contribution in [2.45, 2.75) is 4.90 Å². The van der Waals surface area contributed by atoms with Crippen molar-refractivity contribution >= 4 is 17.7 Å². The average Bonchev–Trinajstić information content (AvgIpc) is 2.17. The Hall–Kier alpha value is -1.42. The van der Waals surface area contributed by atoms with Crippen molar-refractivity contribution in [3.63, 3.8) is 0 Å². The summed E-state index contributed by atoms with van der Waals surface area (Å²) in [4.78, 5) is 11.6. The maximum Gasteiger partial charge on any atom is 0.330 e. The molecular formula is C10H10O3S. The van der Waals surface area contributed by atoms with Crippen LogP contribution in [0.2, 0.25) is 0 Å². The number of esters is 1. The first-order valence-electron chi connectivity index (χ1n) is 3.92. The smallest absolute Gasteiger partial charge is 0.330 e. The molecule has 1 N–H and O–H groups in total. The highest BCUT2D eigenvalue weighted by Gasteiger charge is 1.93. The van der Waals surface area contributed by atoms with Gasteiger partial charge in [-0.2, -0.15) is 0 Å². The van der Waals surface area contributed by atoms with E-state index >= 15 is 0 Å². The van der Waals surface area contributed by atoms with Crippen LogP contribution in [0.4, 0.5) is 0 Å². The predicted octanol–water partition coefficient (Wildman–Crippen LogP) is 2.17. The summed E-state index contributed by atoms with van der Waals surface area (Å²) in [5, 5.41) is 10.8. The summed E-state index contributed by atoms with van der Waals surface area (Å²) < 4.78 is 4.42. The van der Waals surface area contributed by atoms with Crippen molar-refractivity contribution in [2.24, 2.45) is 0 Å². The van der Waals surface area contributed by atoms with Crippen LogP contribution in [0, 0.1) is 0 Å². The van der Waals surface area contributed by atoms with E-state index in [-0.39, 0.29) is 5.75 Å². The minimum Gasteiger partial charge on any atom is -0.508 e. The number of carbonyl (C=O) groups is 1. The van der Waals surface area contributed by atoms with Gasteiger partial charge in [0.05, 0.1) is 7.11 Å². The Bertz CT molecular complexity index is 347. The molecule has 0 aliphatic rings. The van der Waals surface area contributed by atoms with Crippen LogP contribution in [0.3, 0.4) is 0 Å².